The Balaban J connectivity index is 2.00. The van der Waals surface area contributed by atoms with Crippen molar-refractivity contribution in [1.29, 1.82) is 0 Å². The highest BCUT2D eigenvalue weighted by Gasteiger charge is 2.32. The van der Waals surface area contributed by atoms with E-state index in [1.54, 1.807) is 25.1 Å². The number of nitrogens with zero attached hydrogens (tertiary/aromatic N) is 6. The maximum absolute atomic E-state index is 12.9. The lowest BCUT2D eigenvalue weighted by molar-refractivity contribution is -0.141. The van der Waals surface area contributed by atoms with Crippen LogP contribution in [0.5, 0.6) is 0 Å². The molecule has 140 valence electrons. The molecule has 0 spiro atoms. The Morgan fingerprint density at radius 3 is 2.44 bits per heavy atom. The quantitative estimate of drug-likeness (QED) is 0.698. The molecule has 0 aliphatic rings. The largest absolute Gasteiger partial charge is 0.433 e. The molecular weight excluding hydrogens is 357 g/mol. The molecule has 0 saturated heterocycles. The minimum atomic E-state index is -4.50. The van der Waals surface area contributed by atoms with E-state index < -0.39 is 11.9 Å². The van der Waals surface area contributed by atoms with Crippen LogP contribution in [-0.4, -0.2) is 39.0 Å². The maximum Gasteiger partial charge on any atom is 0.433 e. The van der Waals surface area contributed by atoms with Crippen LogP contribution in [0.25, 0.3) is 11.5 Å². The summed E-state index contributed by atoms with van der Waals surface area (Å²) in [5, 5.41) is 0. The SMILES string of the molecule is Cc1cccc(-c2nc(Cc3ccnc(C(F)(F)F)c3)nc(N(C)C)n2)n1. The molecule has 0 atom stereocenters. The highest BCUT2D eigenvalue weighted by Crippen LogP contribution is 2.28. The monoisotopic (exact) mass is 374 g/mol. The molecule has 0 aromatic carbocycles. The second kappa shape index (κ2) is 7.26. The lowest BCUT2D eigenvalue weighted by atomic mass is 10.1. The van der Waals surface area contributed by atoms with Gasteiger partial charge in [0, 0.05) is 32.4 Å². The number of hydrogen-bond acceptors (Lipinski definition) is 6. The number of pyridine rings is 2. The Bertz CT molecular complexity index is 956. The normalized spacial score (nSPS) is 11.5. The van der Waals surface area contributed by atoms with Gasteiger partial charge in [-0.05, 0) is 36.8 Å². The second-order valence-corrected chi connectivity index (χ2v) is 6.16. The van der Waals surface area contributed by atoms with E-state index in [-0.39, 0.29) is 6.42 Å². The van der Waals surface area contributed by atoms with Crippen molar-refractivity contribution in [3.8, 4) is 11.5 Å². The van der Waals surface area contributed by atoms with E-state index in [1.165, 1.54) is 6.07 Å². The number of rotatable bonds is 4. The number of alkyl halides is 3. The minimum absolute atomic E-state index is 0.119. The molecule has 0 N–H and O–H groups in total. The maximum atomic E-state index is 12.9. The molecule has 3 heterocycles. The van der Waals surface area contributed by atoms with E-state index in [0.717, 1.165) is 18.0 Å². The molecule has 0 radical (unpaired) electrons. The van der Waals surface area contributed by atoms with Crippen molar-refractivity contribution in [3.63, 3.8) is 0 Å². The van der Waals surface area contributed by atoms with Crippen LogP contribution in [-0.2, 0) is 12.6 Å². The molecule has 6 nitrogen and oxygen atoms in total. The van der Waals surface area contributed by atoms with Crippen LogP contribution in [0.2, 0.25) is 0 Å². The van der Waals surface area contributed by atoms with Gasteiger partial charge in [-0.3, -0.25) is 4.98 Å². The van der Waals surface area contributed by atoms with Crippen molar-refractivity contribution < 1.29 is 13.2 Å². The van der Waals surface area contributed by atoms with E-state index in [0.29, 0.717) is 28.9 Å². The smallest absolute Gasteiger partial charge is 0.347 e. The van der Waals surface area contributed by atoms with Gasteiger partial charge in [-0.25, -0.2) is 9.97 Å². The molecule has 0 unspecified atom stereocenters. The van der Waals surface area contributed by atoms with E-state index in [9.17, 15) is 13.2 Å². The third-order valence-corrected chi connectivity index (χ3v) is 3.66. The van der Waals surface area contributed by atoms with E-state index in [1.807, 2.05) is 19.1 Å². The molecule has 0 fully saturated rings. The summed E-state index contributed by atoms with van der Waals surface area (Å²) in [4.78, 5) is 22.6. The lowest BCUT2D eigenvalue weighted by Gasteiger charge is -2.13. The Morgan fingerprint density at radius 2 is 1.78 bits per heavy atom. The Kier molecular flexibility index (Phi) is 5.02. The summed E-state index contributed by atoms with van der Waals surface area (Å²) in [5.41, 5.74) is 0.858. The van der Waals surface area contributed by atoms with Gasteiger partial charge < -0.3 is 4.90 Å². The highest BCUT2D eigenvalue weighted by molar-refractivity contribution is 5.51. The van der Waals surface area contributed by atoms with Crippen LogP contribution in [0, 0.1) is 6.92 Å². The minimum Gasteiger partial charge on any atom is -0.347 e. The average molecular weight is 374 g/mol. The second-order valence-electron chi connectivity index (χ2n) is 6.16. The molecule has 3 aromatic rings. The summed E-state index contributed by atoms with van der Waals surface area (Å²) < 4.78 is 38.6. The lowest BCUT2D eigenvalue weighted by Crippen LogP contribution is -2.16. The summed E-state index contributed by atoms with van der Waals surface area (Å²) in [6.45, 7) is 1.86. The van der Waals surface area contributed by atoms with Crippen LogP contribution in [0.1, 0.15) is 22.8 Å². The zero-order chi connectivity index (χ0) is 19.6. The van der Waals surface area contributed by atoms with Crippen LogP contribution in [0.15, 0.2) is 36.5 Å². The van der Waals surface area contributed by atoms with E-state index >= 15 is 0 Å². The summed E-state index contributed by atoms with van der Waals surface area (Å²) >= 11 is 0. The summed E-state index contributed by atoms with van der Waals surface area (Å²) in [5.74, 6) is 1.13. The molecule has 3 rings (SSSR count). The molecule has 0 aliphatic heterocycles. The summed E-state index contributed by atoms with van der Waals surface area (Å²) in [6.07, 6.45) is -3.25. The van der Waals surface area contributed by atoms with Crippen molar-refractivity contribution >= 4 is 5.95 Å². The molecule has 9 heteroatoms. The number of anilines is 1. The Labute approximate surface area is 154 Å². The van der Waals surface area contributed by atoms with Gasteiger partial charge in [-0.2, -0.15) is 23.1 Å². The molecule has 0 aliphatic carbocycles. The molecule has 3 aromatic heterocycles. The number of hydrogen-bond donors (Lipinski definition) is 0. The predicted molar refractivity (Wildman–Crippen MR) is 94.2 cm³/mol. The van der Waals surface area contributed by atoms with Crippen LogP contribution >= 0.6 is 0 Å². The third kappa shape index (κ3) is 4.55. The first-order valence-corrected chi connectivity index (χ1v) is 8.11. The Hall–Kier alpha value is -3.10. The fourth-order valence-corrected chi connectivity index (χ4v) is 2.39. The first-order valence-electron chi connectivity index (χ1n) is 8.11. The zero-order valence-corrected chi connectivity index (χ0v) is 15.0. The van der Waals surface area contributed by atoms with Crippen LogP contribution in [0.3, 0.4) is 0 Å². The first kappa shape index (κ1) is 18.7. The first-order chi connectivity index (χ1) is 12.7. The molecule has 0 bridgehead atoms. The molecule has 0 saturated carbocycles. The van der Waals surface area contributed by atoms with Gasteiger partial charge in [0.1, 0.15) is 17.2 Å². The standard InChI is InChI=1S/C18H17F3N6/c1-11-5-4-6-13(23-11)16-24-15(25-17(26-16)27(2)3)10-12-7-8-22-14(9-12)18(19,20)21/h4-9H,10H2,1-3H3. The fraction of sp³-hybridized carbons (Fsp3) is 0.278. The molecule has 0 amide bonds. The topological polar surface area (TPSA) is 67.7 Å². The van der Waals surface area contributed by atoms with Gasteiger partial charge in [0.25, 0.3) is 0 Å². The summed E-state index contributed by atoms with van der Waals surface area (Å²) in [7, 11) is 3.56. The van der Waals surface area contributed by atoms with Gasteiger partial charge >= 0.3 is 6.18 Å². The zero-order valence-electron chi connectivity index (χ0n) is 15.0. The number of aromatic nitrogens is 5. The van der Waals surface area contributed by atoms with Gasteiger partial charge in [0.2, 0.25) is 5.95 Å². The van der Waals surface area contributed by atoms with Gasteiger partial charge in [-0.15, -0.1) is 0 Å². The fourth-order valence-electron chi connectivity index (χ4n) is 2.39. The number of halogens is 3. The van der Waals surface area contributed by atoms with Crippen molar-refractivity contribution in [2.45, 2.75) is 19.5 Å². The van der Waals surface area contributed by atoms with Crippen molar-refractivity contribution in [1.82, 2.24) is 24.9 Å². The number of aryl methyl sites for hydroxylation is 1. The van der Waals surface area contributed by atoms with Crippen molar-refractivity contribution in [2.75, 3.05) is 19.0 Å². The average Bonchev–Trinajstić information content (AvgIpc) is 2.61. The van der Waals surface area contributed by atoms with Gasteiger partial charge in [0.15, 0.2) is 5.82 Å². The highest BCUT2D eigenvalue weighted by atomic mass is 19.4. The van der Waals surface area contributed by atoms with Gasteiger partial charge in [0.05, 0.1) is 0 Å². The molecular formula is C18H17F3N6. The van der Waals surface area contributed by atoms with Crippen molar-refractivity contribution in [2.24, 2.45) is 0 Å². The van der Waals surface area contributed by atoms with E-state index in [2.05, 4.69) is 24.9 Å². The van der Waals surface area contributed by atoms with Crippen molar-refractivity contribution in [3.05, 3.63) is 59.3 Å². The van der Waals surface area contributed by atoms with Crippen LogP contribution < -0.4 is 4.90 Å². The van der Waals surface area contributed by atoms with Crippen LogP contribution in [0.4, 0.5) is 19.1 Å². The Morgan fingerprint density at radius 1 is 1.00 bits per heavy atom. The predicted octanol–water partition coefficient (Wildman–Crippen LogP) is 3.31. The third-order valence-electron chi connectivity index (χ3n) is 3.66. The van der Waals surface area contributed by atoms with E-state index in [4.69, 9.17) is 0 Å². The molecule has 27 heavy (non-hydrogen) atoms. The van der Waals surface area contributed by atoms with Gasteiger partial charge in [-0.1, -0.05) is 6.07 Å². The summed E-state index contributed by atoms with van der Waals surface area (Å²) in [6, 6.07) is 7.99.